The van der Waals surface area contributed by atoms with Crippen LogP contribution >= 0.6 is 11.6 Å². The van der Waals surface area contributed by atoms with E-state index in [9.17, 15) is 13.2 Å². The number of sulfone groups is 1. The van der Waals surface area contributed by atoms with E-state index in [4.69, 9.17) is 20.9 Å². The molecule has 0 aromatic carbocycles. The number of halogens is 1. The maximum absolute atomic E-state index is 12.8. The lowest BCUT2D eigenvalue weighted by Gasteiger charge is -2.32. The number of likely N-dealkylation sites (tertiary alicyclic amines) is 1. The average Bonchev–Trinajstić information content (AvgIpc) is 2.88. The molecule has 2 aliphatic heterocycles. The minimum Gasteiger partial charge on any atom is -0.399 e. The summed E-state index contributed by atoms with van der Waals surface area (Å²) >= 11 is 5.62. The summed E-state index contributed by atoms with van der Waals surface area (Å²) in [7, 11) is -4.32. The Hall–Kier alpha value is -1.23. The number of rotatable bonds is 5. The number of amides is 1. The predicted molar refractivity (Wildman–Crippen MR) is 110 cm³/mol. The molecule has 1 aromatic rings. The van der Waals surface area contributed by atoms with Crippen molar-refractivity contribution in [3.8, 4) is 0 Å². The first-order chi connectivity index (χ1) is 13.4. The molecular weight excluding hydrogens is 417 g/mol. The van der Waals surface area contributed by atoms with Gasteiger partial charge in [0, 0.05) is 30.9 Å². The van der Waals surface area contributed by atoms with Gasteiger partial charge in [0.05, 0.1) is 17.0 Å². The van der Waals surface area contributed by atoms with Crippen molar-refractivity contribution in [1.29, 1.82) is 0 Å². The van der Waals surface area contributed by atoms with Crippen molar-refractivity contribution in [1.82, 2.24) is 14.9 Å². The molecule has 2 aliphatic rings. The number of carbonyl (C=O) groups excluding carboxylic acids is 1. The molecule has 2 fully saturated rings. The Labute approximate surface area is 177 Å². The maximum atomic E-state index is 12.8. The number of hydrogen-bond donors (Lipinski definition) is 0. The number of alkyl halides is 1. The van der Waals surface area contributed by atoms with E-state index in [-0.39, 0.29) is 28.6 Å². The van der Waals surface area contributed by atoms with E-state index < -0.39 is 28.2 Å². The molecule has 160 valence electrons. The Morgan fingerprint density at radius 3 is 2.38 bits per heavy atom. The van der Waals surface area contributed by atoms with E-state index in [1.807, 2.05) is 27.7 Å². The highest BCUT2D eigenvalue weighted by Crippen LogP contribution is 2.36. The van der Waals surface area contributed by atoms with E-state index >= 15 is 0 Å². The first-order valence-electron chi connectivity index (χ1n) is 9.69. The summed E-state index contributed by atoms with van der Waals surface area (Å²) in [5.74, 6) is -0.526. The van der Waals surface area contributed by atoms with Crippen LogP contribution in [-0.2, 0) is 23.9 Å². The Kier molecular flexibility index (Phi) is 6.30. The molecule has 2 saturated heterocycles. The number of piperidine rings is 1. The van der Waals surface area contributed by atoms with E-state index in [1.54, 1.807) is 4.90 Å². The molecule has 0 aliphatic carbocycles. The van der Waals surface area contributed by atoms with Gasteiger partial charge in [-0.2, -0.15) is 0 Å². The summed E-state index contributed by atoms with van der Waals surface area (Å²) in [4.78, 5) is 21.6. The summed E-state index contributed by atoms with van der Waals surface area (Å²) < 4.78 is 37.4. The molecule has 1 atom stereocenters. The van der Waals surface area contributed by atoms with E-state index in [2.05, 4.69) is 9.97 Å². The Morgan fingerprint density at radius 2 is 1.83 bits per heavy atom. The zero-order valence-electron chi connectivity index (χ0n) is 17.2. The van der Waals surface area contributed by atoms with Crippen LogP contribution in [0, 0.1) is 5.92 Å². The monoisotopic (exact) mass is 443 g/mol. The summed E-state index contributed by atoms with van der Waals surface area (Å²) in [6, 6.07) is 0. The van der Waals surface area contributed by atoms with Gasteiger partial charge in [-0.1, -0.05) is 0 Å². The number of hydrogen-bond acceptors (Lipinski definition) is 7. The number of carbonyl (C=O) groups is 1. The molecule has 0 bridgehead atoms. The van der Waals surface area contributed by atoms with Crippen molar-refractivity contribution in [2.75, 3.05) is 24.7 Å². The van der Waals surface area contributed by atoms with E-state index in [1.165, 1.54) is 12.4 Å². The van der Waals surface area contributed by atoms with Crippen LogP contribution in [0.2, 0.25) is 0 Å². The van der Waals surface area contributed by atoms with Crippen molar-refractivity contribution in [3.63, 3.8) is 0 Å². The van der Waals surface area contributed by atoms with Gasteiger partial charge in [0.15, 0.2) is 0 Å². The second-order valence-electron chi connectivity index (χ2n) is 8.65. The van der Waals surface area contributed by atoms with Gasteiger partial charge in [-0.05, 0) is 46.5 Å². The van der Waals surface area contributed by atoms with Gasteiger partial charge in [-0.25, -0.2) is 18.4 Å². The molecule has 1 unspecified atom stereocenters. The molecule has 0 spiro atoms. The van der Waals surface area contributed by atoms with Gasteiger partial charge in [-0.15, -0.1) is 11.6 Å². The van der Waals surface area contributed by atoms with Crippen LogP contribution in [0.3, 0.4) is 0 Å². The fraction of sp³-hybridized carbons (Fsp3) is 0.722. The normalized spacial score (nSPS) is 24.0. The van der Waals surface area contributed by atoms with Crippen LogP contribution in [0.4, 0.5) is 0 Å². The Bertz CT molecular complexity index is 847. The van der Waals surface area contributed by atoms with Crippen LogP contribution in [0.1, 0.15) is 40.5 Å². The third-order valence-electron chi connectivity index (χ3n) is 5.89. The molecule has 1 amide bonds. The van der Waals surface area contributed by atoms with Gasteiger partial charge in [0.1, 0.15) is 5.88 Å². The maximum Gasteiger partial charge on any atom is 0.498 e. The third-order valence-corrected chi connectivity index (χ3v) is 7.80. The highest BCUT2D eigenvalue weighted by Gasteiger charge is 2.52. The van der Waals surface area contributed by atoms with Crippen LogP contribution < -0.4 is 5.46 Å². The fourth-order valence-corrected chi connectivity index (χ4v) is 5.12. The molecule has 8 nitrogen and oxygen atoms in total. The Balaban J connectivity index is 1.68. The summed E-state index contributed by atoms with van der Waals surface area (Å²) in [6.07, 6.45) is 4.36. The largest absolute Gasteiger partial charge is 0.498 e. The summed E-state index contributed by atoms with van der Waals surface area (Å²) in [6.45, 7) is 8.76. The van der Waals surface area contributed by atoms with Gasteiger partial charge >= 0.3 is 7.12 Å². The topological polar surface area (TPSA) is 98.7 Å². The highest BCUT2D eigenvalue weighted by molar-refractivity contribution is 7.91. The molecule has 0 saturated carbocycles. The molecule has 1 aromatic heterocycles. The summed E-state index contributed by atoms with van der Waals surface area (Å²) in [5, 5.41) is -0.224. The van der Waals surface area contributed by atoms with Crippen LogP contribution in [0.5, 0.6) is 0 Å². The molecular formula is C18H27BClN3O5S. The Morgan fingerprint density at radius 1 is 1.24 bits per heavy atom. The molecule has 29 heavy (non-hydrogen) atoms. The predicted octanol–water partition coefficient (Wildman–Crippen LogP) is 1.03. The van der Waals surface area contributed by atoms with E-state index in [0.717, 1.165) is 12.8 Å². The molecule has 11 heteroatoms. The SMILES string of the molecule is CC1(C)OB(c2cnc(S(=O)(=O)CC3CCCN(C(=O)CCl)C3)nc2)OC1(C)C. The molecule has 0 radical (unpaired) electrons. The minimum absolute atomic E-state index is 0.0943. The van der Waals surface area contributed by atoms with Crippen LogP contribution in [0.25, 0.3) is 0 Å². The zero-order chi connectivity index (χ0) is 21.4. The lowest BCUT2D eigenvalue weighted by Crippen LogP contribution is -2.42. The lowest BCUT2D eigenvalue weighted by molar-refractivity contribution is -0.130. The number of aromatic nitrogens is 2. The average molecular weight is 444 g/mol. The summed E-state index contributed by atoms with van der Waals surface area (Å²) in [5.41, 5.74) is -0.440. The van der Waals surface area contributed by atoms with Crippen molar-refractivity contribution >= 4 is 39.9 Å². The first kappa shape index (κ1) is 22.5. The highest BCUT2D eigenvalue weighted by atomic mass is 35.5. The molecule has 3 heterocycles. The third kappa shape index (κ3) is 4.76. The van der Waals surface area contributed by atoms with Crippen LogP contribution in [0.15, 0.2) is 17.6 Å². The van der Waals surface area contributed by atoms with E-state index in [0.29, 0.717) is 18.6 Å². The molecule has 0 N–H and O–H groups in total. The number of nitrogens with zero attached hydrogens (tertiary/aromatic N) is 3. The van der Waals surface area contributed by atoms with Gasteiger partial charge in [0.2, 0.25) is 20.9 Å². The standard InChI is InChI=1S/C18H27BClN3O5S/c1-17(2)18(3,4)28-19(27-17)14-9-21-16(22-10-14)29(25,26)12-13-6-5-7-23(11-13)15(24)8-20/h9-10,13H,5-8,11-12H2,1-4H3. The first-order valence-corrected chi connectivity index (χ1v) is 11.9. The fourth-order valence-electron chi connectivity index (χ4n) is 3.48. The van der Waals surface area contributed by atoms with Crippen LogP contribution in [-0.4, -0.2) is 72.2 Å². The lowest BCUT2D eigenvalue weighted by atomic mass is 9.81. The van der Waals surface area contributed by atoms with Crippen molar-refractivity contribution < 1.29 is 22.5 Å². The van der Waals surface area contributed by atoms with Crippen molar-refractivity contribution in [2.24, 2.45) is 5.92 Å². The second kappa shape index (κ2) is 8.13. The second-order valence-corrected chi connectivity index (χ2v) is 10.8. The zero-order valence-corrected chi connectivity index (χ0v) is 18.8. The van der Waals surface area contributed by atoms with Gasteiger partial charge in [-0.3, -0.25) is 4.79 Å². The van der Waals surface area contributed by atoms with Gasteiger partial charge in [0.25, 0.3) is 0 Å². The smallest absolute Gasteiger partial charge is 0.399 e. The minimum atomic E-state index is -3.68. The quantitative estimate of drug-likeness (QED) is 0.381. The van der Waals surface area contributed by atoms with Crippen molar-refractivity contribution in [3.05, 3.63) is 12.4 Å². The van der Waals surface area contributed by atoms with Crippen molar-refractivity contribution in [2.45, 2.75) is 56.9 Å². The van der Waals surface area contributed by atoms with Gasteiger partial charge < -0.3 is 14.2 Å². The molecule has 3 rings (SSSR count).